The summed E-state index contributed by atoms with van der Waals surface area (Å²) in [5, 5.41) is 2.18. The van der Waals surface area contributed by atoms with Crippen molar-refractivity contribution in [3.8, 4) is 5.75 Å². The average molecular weight is 512 g/mol. The highest BCUT2D eigenvalue weighted by atomic mass is 32.1. The van der Waals surface area contributed by atoms with Crippen LogP contribution in [0, 0.1) is 11.8 Å². The molecule has 0 N–H and O–H groups in total. The molecule has 1 aromatic carbocycles. The molecule has 4 heteroatoms. The van der Waals surface area contributed by atoms with Crippen LogP contribution < -0.4 is 4.74 Å². The smallest absolute Gasteiger partial charge is 0.311 e. The number of carbonyl (C=O) groups is 1. The summed E-state index contributed by atoms with van der Waals surface area (Å²) in [5.74, 6) is 2.34. The molecule has 3 nitrogen and oxygen atoms in total. The van der Waals surface area contributed by atoms with E-state index in [1.54, 1.807) is 0 Å². The number of ether oxygens (including phenoxy) is 1. The summed E-state index contributed by atoms with van der Waals surface area (Å²) in [4.78, 5) is 16.7. The van der Waals surface area contributed by atoms with Crippen molar-refractivity contribution >= 4 is 17.3 Å². The van der Waals surface area contributed by atoms with Gasteiger partial charge in [0, 0.05) is 23.9 Å². The molecule has 1 aliphatic carbocycles. The molecule has 0 saturated heterocycles. The number of nitrogens with zero attached hydrogens (tertiary/aromatic N) is 1. The molecule has 0 amide bonds. The maximum absolute atomic E-state index is 12.6. The summed E-state index contributed by atoms with van der Waals surface area (Å²) in [6.45, 7) is 11.5. The van der Waals surface area contributed by atoms with Gasteiger partial charge in [-0.1, -0.05) is 71.6 Å². The molecule has 1 aliphatic rings. The van der Waals surface area contributed by atoms with Crippen LogP contribution in [0.4, 0.5) is 0 Å². The average Bonchev–Trinajstić information content (AvgIpc) is 3.37. The van der Waals surface area contributed by atoms with E-state index < -0.39 is 0 Å². The summed E-state index contributed by atoms with van der Waals surface area (Å²) in [6, 6.07) is 11.3. The van der Waals surface area contributed by atoms with Crippen molar-refractivity contribution in [1.82, 2.24) is 4.90 Å². The first-order valence-electron chi connectivity index (χ1n) is 14.5. The fraction of sp³-hybridized carbons (Fsp3) is 0.656. The topological polar surface area (TPSA) is 29.5 Å². The molecule has 0 spiro atoms. The third-order valence-corrected chi connectivity index (χ3v) is 8.53. The van der Waals surface area contributed by atoms with Crippen LogP contribution in [0.15, 0.2) is 35.7 Å². The van der Waals surface area contributed by atoms with E-state index >= 15 is 0 Å². The van der Waals surface area contributed by atoms with Gasteiger partial charge in [-0.2, -0.15) is 0 Å². The highest BCUT2D eigenvalue weighted by Gasteiger charge is 2.26. The van der Waals surface area contributed by atoms with E-state index in [1.807, 2.05) is 17.4 Å². The molecule has 2 atom stereocenters. The molecule has 1 heterocycles. The van der Waals surface area contributed by atoms with Gasteiger partial charge in [0.05, 0.1) is 0 Å². The van der Waals surface area contributed by atoms with Gasteiger partial charge in [0.15, 0.2) is 0 Å². The van der Waals surface area contributed by atoms with Gasteiger partial charge in [0.25, 0.3) is 0 Å². The summed E-state index contributed by atoms with van der Waals surface area (Å²) in [7, 11) is 0. The number of carbonyl (C=O) groups excluding carboxylic acids is 1. The highest BCUT2D eigenvalue weighted by Crippen LogP contribution is 2.32. The normalized spacial score (nSPS) is 16.3. The van der Waals surface area contributed by atoms with Gasteiger partial charge in [-0.05, 0) is 92.0 Å². The first-order chi connectivity index (χ1) is 17.5. The minimum absolute atomic E-state index is 0.0674. The van der Waals surface area contributed by atoms with E-state index in [0.717, 1.165) is 69.2 Å². The highest BCUT2D eigenvalue weighted by molar-refractivity contribution is 7.09. The van der Waals surface area contributed by atoms with Crippen LogP contribution in [-0.4, -0.2) is 30.0 Å². The Bertz CT molecular complexity index is 892. The van der Waals surface area contributed by atoms with Crippen LogP contribution in [0.25, 0.3) is 0 Å². The second-order valence-electron chi connectivity index (χ2n) is 11.3. The van der Waals surface area contributed by atoms with Crippen molar-refractivity contribution in [2.45, 2.75) is 111 Å². The molecular weight excluding hydrogens is 462 g/mol. The Morgan fingerprint density at radius 1 is 1.08 bits per heavy atom. The van der Waals surface area contributed by atoms with Gasteiger partial charge in [0.2, 0.25) is 0 Å². The molecule has 0 aliphatic heterocycles. The Morgan fingerprint density at radius 3 is 2.67 bits per heavy atom. The zero-order chi connectivity index (χ0) is 25.8. The SMILES string of the molecule is CCCN(CCc1cccs1)C1CCc2c(cccc2OC(=O)CCCCCCC(C)CC(C)C)C1. The minimum atomic E-state index is -0.0674. The summed E-state index contributed by atoms with van der Waals surface area (Å²) < 4.78 is 5.89. The minimum Gasteiger partial charge on any atom is -0.426 e. The largest absolute Gasteiger partial charge is 0.426 e. The van der Waals surface area contributed by atoms with Crippen molar-refractivity contribution in [3.63, 3.8) is 0 Å². The number of rotatable bonds is 16. The first-order valence-corrected chi connectivity index (χ1v) is 15.4. The third-order valence-electron chi connectivity index (χ3n) is 7.59. The van der Waals surface area contributed by atoms with Crippen molar-refractivity contribution in [3.05, 3.63) is 51.7 Å². The molecule has 0 bridgehead atoms. The molecule has 2 unspecified atom stereocenters. The van der Waals surface area contributed by atoms with Crippen LogP contribution in [0.1, 0.15) is 101 Å². The number of thiophene rings is 1. The van der Waals surface area contributed by atoms with E-state index in [0.29, 0.717) is 12.5 Å². The van der Waals surface area contributed by atoms with E-state index in [2.05, 4.69) is 62.2 Å². The van der Waals surface area contributed by atoms with Gasteiger partial charge in [-0.3, -0.25) is 9.69 Å². The van der Waals surface area contributed by atoms with Crippen LogP contribution >= 0.6 is 11.3 Å². The molecule has 36 heavy (non-hydrogen) atoms. The number of benzene rings is 1. The fourth-order valence-electron chi connectivity index (χ4n) is 5.84. The summed E-state index contributed by atoms with van der Waals surface area (Å²) in [6.07, 6.45) is 13.2. The first kappa shape index (κ1) is 28.9. The standard InChI is InChI=1S/C32H49NO2S/c1-5-20-33(21-19-29-14-11-22-36-29)28-17-18-30-27(24-28)13-10-15-31(30)35-32(34)16-9-7-6-8-12-26(4)23-25(2)3/h10-11,13-15,22,25-26,28H,5-9,12,16-21,23-24H2,1-4H3. The quantitative estimate of drug-likeness (QED) is 0.129. The lowest BCUT2D eigenvalue weighted by atomic mass is 9.86. The number of hydrogen-bond acceptors (Lipinski definition) is 4. The Balaban J connectivity index is 1.43. The lowest BCUT2D eigenvalue weighted by Crippen LogP contribution is -2.41. The van der Waals surface area contributed by atoms with Crippen molar-refractivity contribution in [2.75, 3.05) is 13.1 Å². The number of hydrogen-bond donors (Lipinski definition) is 0. The maximum Gasteiger partial charge on any atom is 0.311 e. The Labute approximate surface area is 224 Å². The van der Waals surface area contributed by atoms with Gasteiger partial charge in [0.1, 0.15) is 5.75 Å². The number of fused-ring (bicyclic) bond motifs is 1. The third kappa shape index (κ3) is 9.67. The molecule has 3 rings (SSSR count). The van der Waals surface area contributed by atoms with Gasteiger partial charge in [-0.25, -0.2) is 0 Å². The summed E-state index contributed by atoms with van der Waals surface area (Å²) >= 11 is 1.86. The fourth-order valence-corrected chi connectivity index (χ4v) is 6.54. The van der Waals surface area contributed by atoms with Gasteiger partial charge >= 0.3 is 5.97 Å². The molecule has 0 saturated carbocycles. The second-order valence-corrected chi connectivity index (χ2v) is 12.3. The lowest BCUT2D eigenvalue weighted by Gasteiger charge is -2.35. The van der Waals surface area contributed by atoms with Crippen molar-refractivity contribution in [1.29, 1.82) is 0 Å². The predicted octanol–water partition coefficient (Wildman–Crippen LogP) is 8.49. The molecular formula is C32H49NO2S. The van der Waals surface area contributed by atoms with Crippen LogP contribution in [0.5, 0.6) is 5.75 Å². The zero-order valence-electron chi connectivity index (χ0n) is 23.3. The predicted molar refractivity (Wildman–Crippen MR) is 154 cm³/mol. The van der Waals surface area contributed by atoms with E-state index in [9.17, 15) is 4.79 Å². The van der Waals surface area contributed by atoms with Gasteiger partial charge in [-0.15, -0.1) is 11.3 Å². The molecule has 200 valence electrons. The molecule has 1 aromatic heterocycles. The second kappa shape index (κ2) is 15.6. The Hall–Kier alpha value is -1.65. The van der Waals surface area contributed by atoms with Crippen LogP contribution in [0.2, 0.25) is 0 Å². The Kier molecular flexibility index (Phi) is 12.5. The molecule has 0 radical (unpaired) electrons. The number of esters is 1. The number of unbranched alkanes of at least 4 members (excludes halogenated alkanes) is 3. The maximum atomic E-state index is 12.6. The monoisotopic (exact) mass is 511 g/mol. The van der Waals surface area contributed by atoms with E-state index in [4.69, 9.17) is 4.74 Å². The van der Waals surface area contributed by atoms with Crippen LogP contribution in [0.3, 0.4) is 0 Å². The van der Waals surface area contributed by atoms with Gasteiger partial charge < -0.3 is 4.74 Å². The molecule has 2 aromatic rings. The van der Waals surface area contributed by atoms with Crippen molar-refractivity contribution < 1.29 is 9.53 Å². The van der Waals surface area contributed by atoms with Crippen molar-refractivity contribution in [2.24, 2.45) is 11.8 Å². The lowest BCUT2D eigenvalue weighted by molar-refractivity contribution is -0.134. The molecule has 0 fully saturated rings. The zero-order valence-corrected chi connectivity index (χ0v) is 24.1. The summed E-state index contributed by atoms with van der Waals surface area (Å²) in [5.41, 5.74) is 2.63. The van der Waals surface area contributed by atoms with E-state index in [1.165, 1.54) is 48.1 Å². The Morgan fingerprint density at radius 2 is 1.92 bits per heavy atom. The van der Waals surface area contributed by atoms with Crippen LogP contribution in [-0.2, 0) is 24.1 Å². The van der Waals surface area contributed by atoms with E-state index in [-0.39, 0.29) is 5.97 Å².